The lowest BCUT2D eigenvalue weighted by Crippen LogP contribution is -2.15. The fraction of sp³-hybridized carbons (Fsp3) is 0.143. The van der Waals surface area contributed by atoms with Crippen LogP contribution in [-0.4, -0.2) is 17.3 Å². The van der Waals surface area contributed by atoms with Gasteiger partial charge in [-0.25, -0.2) is 0 Å². The summed E-state index contributed by atoms with van der Waals surface area (Å²) in [6.45, 7) is -0.0588. The number of Topliss-reactive ketones (excluding diaryl/α,β-unsaturated/α-hetero) is 1. The highest BCUT2D eigenvalue weighted by molar-refractivity contribution is 6.33. The van der Waals surface area contributed by atoms with Gasteiger partial charge in [-0.1, -0.05) is 11.6 Å². The van der Waals surface area contributed by atoms with Crippen LogP contribution < -0.4 is 5.73 Å². The first-order chi connectivity index (χ1) is 5.25. The first-order valence-corrected chi connectivity index (χ1v) is 3.47. The summed E-state index contributed by atoms with van der Waals surface area (Å²) in [7, 11) is 0. The van der Waals surface area contributed by atoms with Gasteiger partial charge in [0, 0.05) is 6.20 Å². The Hall–Kier alpha value is -0.640. The molecule has 0 spiro atoms. The molecule has 0 amide bonds. The molecule has 1 aromatic rings. The van der Waals surface area contributed by atoms with E-state index in [0.717, 1.165) is 0 Å². The van der Waals surface area contributed by atoms with E-state index in [1.165, 1.54) is 6.20 Å². The third-order valence-corrected chi connectivity index (χ3v) is 1.51. The standard InChI is InChI=1S/C7H7ClN2O.ClH/c8-5-2-1-3-10-7(5)6(11)4-9;/h1-3H,4,9H2;1H. The summed E-state index contributed by atoms with van der Waals surface area (Å²) in [5.74, 6) is -0.240. The summed E-state index contributed by atoms with van der Waals surface area (Å²) in [5, 5.41) is 0.350. The van der Waals surface area contributed by atoms with Crippen molar-refractivity contribution in [3.63, 3.8) is 0 Å². The van der Waals surface area contributed by atoms with Crippen molar-refractivity contribution in [3.05, 3.63) is 29.0 Å². The molecule has 0 aliphatic carbocycles. The third kappa shape index (κ3) is 2.44. The van der Waals surface area contributed by atoms with Crippen LogP contribution in [-0.2, 0) is 0 Å². The highest BCUT2D eigenvalue weighted by atomic mass is 35.5. The van der Waals surface area contributed by atoms with Crippen molar-refractivity contribution in [2.45, 2.75) is 0 Å². The van der Waals surface area contributed by atoms with Crippen LogP contribution in [0.25, 0.3) is 0 Å². The van der Waals surface area contributed by atoms with Crippen molar-refractivity contribution in [2.24, 2.45) is 5.73 Å². The minimum atomic E-state index is -0.240. The third-order valence-electron chi connectivity index (χ3n) is 1.21. The first-order valence-electron chi connectivity index (χ1n) is 3.09. The van der Waals surface area contributed by atoms with Gasteiger partial charge in [0.15, 0.2) is 5.78 Å². The Morgan fingerprint density at radius 3 is 2.83 bits per heavy atom. The SMILES string of the molecule is Cl.NCC(=O)c1ncccc1Cl. The quantitative estimate of drug-likeness (QED) is 0.743. The zero-order valence-corrected chi connectivity index (χ0v) is 7.73. The number of carbonyl (C=O) groups is 1. The predicted octanol–water partition coefficient (Wildman–Crippen LogP) is 1.30. The van der Waals surface area contributed by atoms with Crippen molar-refractivity contribution < 1.29 is 4.79 Å². The van der Waals surface area contributed by atoms with Crippen LogP contribution in [0.4, 0.5) is 0 Å². The van der Waals surface area contributed by atoms with Gasteiger partial charge in [0.25, 0.3) is 0 Å². The molecule has 1 aromatic heterocycles. The number of carbonyl (C=O) groups excluding carboxylic acids is 1. The molecule has 5 heteroatoms. The lowest BCUT2D eigenvalue weighted by atomic mass is 10.2. The summed E-state index contributed by atoms with van der Waals surface area (Å²) in [6, 6.07) is 3.27. The Morgan fingerprint density at radius 2 is 2.33 bits per heavy atom. The molecule has 3 nitrogen and oxygen atoms in total. The molecule has 12 heavy (non-hydrogen) atoms. The monoisotopic (exact) mass is 206 g/mol. The molecule has 0 saturated heterocycles. The van der Waals surface area contributed by atoms with Gasteiger partial charge in [0.2, 0.25) is 0 Å². The molecule has 0 radical (unpaired) electrons. The lowest BCUT2D eigenvalue weighted by molar-refractivity contribution is 0.0997. The zero-order chi connectivity index (χ0) is 8.27. The molecule has 0 aliphatic heterocycles. The molecule has 1 heterocycles. The molecule has 0 unspecified atom stereocenters. The Morgan fingerprint density at radius 1 is 1.67 bits per heavy atom. The van der Waals surface area contributed by atoms with Crippen LogP contribution in [0.5, 0.6) is 0 Å². The normalized spacial score (nSPS) is 8.83. The molecular weight excluding hydrogens is 199 g/mol. The Balaban J connectivity index is 0.00000121. The van der Waals surface area contributed by atoms with Crippen LogP contribution in [0.2, 0.25) is 5.02 Å². The van der Waals surface area contributed by atoms with E-state index >= 15 is 0 Å². The van der Waals surface area contributed by atoms with Gasteiger partial charge in [-0.2, -0.15) is 0 Å². The van der Waals surface area contributed by atoms with E-state index in [2.05, 4.69) is 4.98 Å². The van der Waals surface area contributed by atoms with Crippen molar-refractivity contribution in [1.29, 1.82) is 0 Å². The average molecular weight is 207 g/mol. The maximum atomic E-state index is 11.0. The number of ketones is 1. The van der Waals surface area contributed by atoms with Gasteiger partial charge in [-0.15, -0.1) is 12.4 Å². The second kappa shape index (κ2) is 5.09. The van der Waals surface area contributed by atoms with Crippen LogP contribution in [0.15, 0.2) is 18.3 Å². The van der Waals surface area contributed by atoms with E-state index in [4.69, 9.17) is 17.3 Å². The molecule has 0 aliphatic rings. The second-order valence-corrected chi connectivity index (χ2v) is 2.37. The van der Waals surface area contributed by atoms with E-state index in [1.807, 2.05) is 0 Å². The minimum absolute atomic E-state index is 0. The van der Waals surface area contributed by atoms with Crippen LogP contribution in [0.1, 0.15) is 10.5 Å². The molecular formula is C7H8Cl2N2O. The number of halogens is 2. The van der Waals surface area contributed by atoms with Crippen LogP contribution >= 0.6 is 24.0 Å². The maximum Gasteiger partial charge on any atom is 0.196 e. The van der Waals surface area contributed by atoms with E-state index in [9.17, 15) is 4.79 Å². The Bertz CT molecular complexity index is 278. The number of rotatable bonds is 2. The fourth-order valence-electron chi connectivity index (χ4n) is 0.688. The first kappa shape index (κ1) is 11.4. The number of nitrogens with two attached hydrogens (primary N) is 1. The fourth-order valence-corrected chi connectivity index (χ4v) is 0.914. The molecule has 0 atom stereocenters. The minimum Gasteiger partial charge on any atom is -0.324 e. The predicted molar refractivity (Wildman–Crippen MR) is 49.9 cm³/mol. The van der Waals surface area contributed by atoms with E-state index in [1.54, 1.807) is 12.1 Å². The van der Waals surface area contributed by atoms with Gasteiger partial charge in [-0.3, -0.25) is 9.78 Å². The van der Waals surface area contributed by atoms with E-state index in [-0.39, 0.29) is 30.4 Å². The molecule has 0 bridgehead atoms. The molecule has 0 fully saturated rings. The largest absolute Gasteiger partial charge is 0.324 e. The zero-order valence-electron chi connectivity index (χ0n) is 6.16. The molecule has 1 rings (SSSR count). The van der Waals surface area contributed by atoms with Crippen molar-refractivity contribution in [3.8, 4) is 0 Å². The molecule has 2 N–H and O–H groups in total. The number of pyridine rings is 1. The summed E-state index contributed by atoms with van der Waals surface area (Å²) in [5.41, 5.74) is 5.37. The van der Waals surface area contributed by atoms with E-state index in [0.29, 0.717) is 5.02 Å². The Labute approximate surface area is 81.3 Å². The molecule has 0 aromatic carbocycles. The van der Waals surface area contributed by atoms with Gasteiger partial charge in [-0.05, 0) is 12.1 Å². The van der Waals surface area contributed by atoms with Gasteiger partial charge in [0.05, 0.1) is 11.6 Å². The topological polar surface area (TPSA) is 56.0 Å². The summed E-state index contributed by atoms with van der Waals surface area (Å²) >= 11 is 5.66. The second-order valence-electron chi connectivity index (χ2n) is 1.96. The maximum absolute atomic E-state index is 11.0. The van der Waals surface area contributed by atoms with Crippen LogP contribution in [0, 0.1) is 0 Å². The highest BCUT2D eigenvalue weighted by Gasteiger charge is 2.07. The van der Waals surface area contributed by atoms with Gasteiger partial charge in [0.1, 0.15) is 5.69 Å². The molecule has 0 saturated carbocycles. The summed E-state index contributed by atoms with van der Waals surface area (Å²) in [4.78, 5) is 14.7. The highest BCUT2D eigenvalue weighted by Crippen LogP contribution is 2.11. The van der Waals surface area contributed by atoms with Crippen LogP contribution in [0.3, 0.4) is 0 Å². The Kier molecular flexibility index (Phi) is 4.81. The number of hydrogen-bond donors (Lipinski definition) is 1. The number of hydrogen-bond acceptors (Lipinski definition) is 3. The lowest BCUT2D eigenvalue weighted by Gasteiger charge is -1.97. The van der Waals surface area contributed by atoms with Crippen molar-refractivity contribution >= 4 is 29.8 Å². The van der Waals surface area contributed by atoms with Crippen molar-refractivity contribution in [1.82, 2.24) is 4.98 Å². The average Bonchev–Trinajstić information content (AvgIpc) is 2.04. The molecule has 66 valence electrons. The van der Waals surface area contributed by atoms with Crippen molar-refractivity contribution in [2.75, 3.05) is 6.54 Å². The van der Waals surface area contributed by atoms with Gasteiger partial charge < -0.3 is 5.73 Å². The smallest absolute Gasteiger partial charge is 0.196 e. The van der Waals surface area contributed by atoms with E-state index < -0.39 is 0 Å². The number of nitrogens with zero attached hydrogens (tertiary/aromatic N) is 1. The number of aromatic nitrogens is 1. The summed E-state index contributed by atoms with van der Waals surface area (Å²) < 4.78 is 0. The summed E-state index contributed by atoms with van der Waals surface area (Å²) in [6.07, 6.45) is 1.51. The van der Waals surface area contributed by atoms with Gasteiger partial charge >= 0.3 is 0 Å².